The number of thioether (sulfide) groups is 1. The molecule has 2 aromatic carbocycles. The molecule has 7 atom stereocenters. The van der Waals surface area contributed by atoms with Crippen LogP contribution in [0.15, 0.2) is 76.8 Å². The van der Waals surface area contributed by atoms with Crippen molar-refractivity contribution in [2.45, 2.75) is 119 Å². The number of allylic oxidation sites excluding steroid dienone is 1. The molecule has 0 aromatic heterocycles. The van der Waals surface area contributed by atoms with Crippen LogP contribution < -0.4 is 9.47 Å². The second kappa shape index (κ2) is 19.6. The van der Waals surface area contributed by atoms with Gasteiger partial charge in [0, 0.05) is 54.9 Å². The number of rotatable bonds is 20. The van der Waals surface area contributed by atoms with E-state index >= 15 is 0 Å². The lowest BCUT2D eigenvalue weighted by Crippen LogP contribution is -2.70. The number of carbonyl (C=O) groups excluding carboxylic acids is 1. The molecular weight excluding hydrogens is 741 g/mol. The summed E-state index contributed by atoms with van der Waals surface area (Å²) < 4.78 is 27.0. The highest BCUT2D eigenvalue weighted by atomic mass is 32.2. The van der Waals surface area contributed by atoms with E-state index in [9.17, 15) is 15.0 Å². The van der Waals surface area contributed by atoms with Crippen LogP contribution in [0.2, 0.25) is 0 Å². The highest BCUT2D eigenvalue weighted by Crippen LogP contribution is 2.62. The van der Waals surface area contributed by atoms with Gasteiger partial charge in [0.2, 0.25) is 18.0 Å². The van der Waals surface area contributed by atoms with E-state index in [2.05, 4.69) is 44.0 Å². The second-order valence-electron chi connectivity index (χ2n) is 16.3. The average Bonchev–Trinajstić information content (AvgIpc) is 4.09. The van der Waals surface area contributed by atoms with Crippen LogP contribution in [0, 0.1) is 23.7 Å². The molecule has 2 aromatic rings. The van der Waals surface area contributed by atoms with E-state index in [0.717, 1.165) is 104 Å². The molecular formula is C46H62N2O8S. The maximum atomic E-state index is 14.4. The van der Waals surface area contributed by atoms with Crippen molar-refractivity contribution in [2.24, 2.45) is 28.8 Å². The van der Waals surface area contributed by atoms with Crippen LogP contribution in [0.3, 0.4) is 0 Å². The minimum atomic E-state index is -1.25. The van der Waals surface area contributed by atoms with E-state index in [0.29, 0.717) is 31.7 Å². The summed E-state index contributed by atoms with van der Waals surface area (Å²) in [5, 5.41) is 24.8. The Balaban J connectivity index is 1.42. The minimum absolute atomic E-state index is 0.00192. The van der Waals surface area contributed by atoms with Crippen LogP contribution in [-0.4, -0.2) is 84.1 Å². The first-order valence-corrected chi connectivity index (χ1v) is 22.6. The molecule has 1 saturated heterocycles. The third-order valence-electron chi connectivity index (χ3n) is 12.4. The first kappa shape index (κ1) is 41.8. The van der Waals surface area contributed by atoms with Crippen LogP contribution in [-0.2, 0) is 19.1 Å². The third kappa shape index (κ3) is 9.28. The zero-order chi connectivity index (χ0) is 39.8. The van der Waals surface area contributed by atoms with Crippen LogP contribution in [0.4, 0.5) is 0 Å². The first-order chi connectivity index (χ1) is 27.9. The maximum Gasteiger partial charge on any atom is 0.239 e. The number of ether oxygens (including phenoxy) is 4. The summed E-state index contributed by atoms with van der Waals surface area (Å²) in [6.07, 6.45) is 16.5. The molecule has 2 saturated carbocycles. The van der Waals surface area contributed by atoms with Gasteiger partial charge in [-0.25, -0.2) is 0 Å². The Kier molecular flexibility index (Phi) is 14.4. The number of hydrogen-bond acceptors (Lipinski definition) is 10. The Hall–Kier alpha value is -3.35. The van der Waals surface area contributed by atoms with Gasteiger partial charge in [0.1, 0.15) is 23.3 Å². The molecule has 3 aliphatic carbocycles. The van der Waals surface area contributed by atoms with Gasteiger partial charge in [-0.05, 0) is 124 Å². The third-order valence-corrected chi connectivity index (χ3v) is 13.2. The Labute approximate surface area is 343 Å². The zero-order valence-corrected chi connectivity index (χ0v) is 34.6. The van der Waals surface area contributed by atoms with Crippen molar-refractivity contribution in [3.05, 3.63) is 72.3 Å². The van der Waals surface area contributed by atoms with Crippen molar-refractivity contribution in [2.75, 3.05) is 39.2 Å². The number of aliphatic hydroxyl groups is 2. The largest absolute Gasteiger partial charge is 0.459 e. The van der Waals surface area contributed by atoms with Gasteiger partial charge in [0.25, 0.3) is 0 Å². The molecule has 7 rings (SSSR count). The van der Waals surface area contributed by atoms with E-state index in [4.69, 9.17) is 28.9 Å². The predicted octanol–water partition coefficient (Wildman–Crippen LogP) is 9.01. The SMILES string of the molecule is C=CCOC12Oc3ccc(Oc4ccc(SC)cc4)cc3C3C(CCCCO)C(CCCCO)C=C(C(=NOC4CCCCO4)CC1N(CCC)C(=O)C1CC1)C32. The lowest BCUT2D eigenvalue weighted by molar-refractivity contribution is -0.258. The Morgan fingerprint density at radius 3 is 2.49 bits per heavy atom. The highest BCUT2D eigenvalue weighted by Gasteiger charge is 2.65. The lowest BCUT2D eigenvalue weighted by atomic mass is 9.55. The fourth-order valence-electron chi connectivity index (χ4n) is 9.63. The summed E-state index contributed by atoms with van der Waals surface area (Å²) >= 11 is 1.69. The molecule has 57 heavy (non-hydrogen) atoms. The molecule has 0 bridgehead atoms. The van der Waals surface area contributed by atoms with Crippen molar-refractivity contribution < 1.29 is 38.8 Å². The summed E-state index contributed by atoms with van der Waals surface area (Å²) in [7, 11) is 0. The number of benzene rings is 2. The van der Waals surface area contributed by atoms with Gasteiger partial charge in [-0.1, -0.05) is 37.1 Å². The molecule has 2 heterocycles. The molecule has 2 N–H and O–H groups in total. The predicted molar refractivity (Wildman–Crippen MR) is 223 cm³/mol. The molecule has 3 fully saturated rings. The lowest BCUT2D eigenvalue weighted by Gasteiger charge is -2.60. The van der Waals surface area contributed by atoms with Gasteiger partial charge < -0.3 is 38.9 Å². The van der Waals surface area contributed by atoms with E-state index in [-0.39, 0.29) is 55.3 Å². The Bertz CT molecular complexity index is 1720. The Morgan fingerprint density at radius 2 is 1.81 bits per heavy atom. The van der Waals surface area contributed by atoms with Gasteiger partial charge in [-0.2, -0.15) is 0 Å². The monoisotopic (exact) mass is 802 g/mol. The van der Waals surface area contributed by atoms with Gasteiger partial charge in [-0.3, -0.25) is 4.79 Å². The number of hydrogen-bond donors (Lipinski definition) is 2. The minimum Gasteiger partial charge on any atom is -0.459 e. The number of unbranched alkanes of at least 4 members (excludes halogenated alkanes) is 2. The van der Waals surface area contributed by atoms with Crippen LogP contribution >= 0.6 is 11.8 Å². The molecule has 10 nitrogen and oxygen atoms in total. The van der Waals surface area contributed by atoms with Crippen molar-refractivity contribution in [1.29, 1.82) is 0 Å². The topological polar surface area (TPSA) is 119 Å². The van der Waals surface area contributed by atoms with Crippen molar-refractivity contribution in [3.63, 3.8) is 0 Å². The fraction of sp³-hybridized carbons (Fsp3) is 0.609. The summed E-state index contributed by atoms with van der Waals surface area (Å²) in [5.74, 6) is 0.897. The second-order valence-corrected chi connectivity index (χ2v) is 17.1. The van der Waals surface area contributed by atoms with Gasteiger partial charge in [0.15, 0.2) is 0 Å². The number of oxime groups is 1. The standard InChI is InChI=1S/C46H62N2O8S/c1-4-23-48(45(51)31-15-16-31)41-30-39(47-56-42-14-8-11-27-52-42)37-28-32(12-6-9-24-49)36(13-7-10-25-50)43-38-29-34(54-33-17-20-35(57-3)21-18-33)19-22-40(38)55-46(41,44(37)43)53-26-5-2/h5,17-22,28-29,31-32,36,41-44,49-50H,2,4,6-16,23-27,30H2,1,3H3. The quantitative estimate of drug-likeness (QED) is 0.0585. The number of carbonyl (C=O) groups is 1. The normalized spacial score (nSPS) is 28.4. The smallest absolute Gasteiger partial charge is 0.239 e. The fourth-order valence-corrected chi connectivity index (χ4v) is 10.0. The van der Waals surface area contributed by atoms with Gasteiger partial charge >= 0.3 is 0 Å². The molecule has 11 heteroatoms. The molecule has 0 radical (unpaired) electrons. The maximum absolute atomic E-state index is 14.4. The molecule has 0 spiro atoms. The summed E-state index contributed by atoms with van der Waals surface area (Å²) in [6.45, 7) is 7.89. The number of fused-ring (bicyclic) bond motifs is 2. The van der Waals surface area contributed by atoms with Crippen LogP contribution in [0.25, 0.3) is 0 Å². The van der Waals surface area contributed by atoms with Crippen molar-refractivity contribution in [1.82, 2.24) is 4.90 Å². The number of amides is 1. The Morgan fingerprint density at radius 1 is 1.04 bits per heavy atom. The van der Waals surface area contributed by atoms with E-state index in [1.807, 2.05) is 29.2 Å². The first-order valence-electron chi connectivity index (χ1n) is 21.4. The number of nitrogens with zero attached hydrogens (tertiary/aromatic N) is 2. The number of aliphatic hydroxyl groups excluding tert-OH is 2. The molecule has 2 aliphatic heterocycles. The van der Waals surface area contributed by atoms with Crippen molar-refractivity contribution in [3.8, 4) is 17.2 Å². The molecule has 310 valence electrons. The molecule has 7 unspecified atom stereocenters. The summed E-state index contributed by atoms with van der Waals surface area (Å²) in [6, 6.07) is 13.7. The van der Waals surface area contributed by atoms with Crippen LogP contribution in [0.1, 0.15) is 102 Å². The van der Waals surface area contributed by atoms with Gasteiger partial charge in [-0.15, -0.1) is 18.3 Å². The summed E-state index contributed by atoms with van der Waals surface area (Å²) in [4.78, 5) is 23.9. The van der Waals surface area contributed by atoms with E-state index in [1.165, 1.54) is 0 Å². The van der Waals surface area contributed by atoms with E-state index < -0.39 is 18.1 Å². The molecule has 5 aliphatic rings. The average molecular weight is 803 g/mol. The van der Waals surface area contributed by atoms with Gasteiger partial charge in [0.05, 0.1) is 24.8 Å². The van der Waals surface area contributed by atoms with E-state index in [1.54, 1.807) is 17.8 Å². The van der Waals surface area contributed by atoms with Crippen LogP contribution in [0.5, 0.6) is 17.2 Å². The molecule has 1 amide bonds. The highest BCUT2D eigenvalue weighted by molar-refractivity contribution is 7.98. The summed E-state index contributed by atoms with van der Waals surface area (Å²) in [5.41, 5.74) is 2.87. The zero-order valence-electron chi connectivity index (χ0n) is 33.8. The van der Waals surface area contributed by atoms with Crippen molar-refractivity contribution >= 4 is 23.4 Å².